The minimum atomic E-state index is -0.533. The van der Waals surface area contributed by atoms with E-state index in [0.717, 1.165) is 0 Å². The van der Waals surface area contributed by atoms with Crippen molar-refractivity contribution in [2.45, 2.75) is 11.8 Å². The summed E-state index contributed by atoms with van der Waals surface area (Å²) in [5.74, 6) is -1.06. The van der Waals surface area contributed by atoms with Crippen LogP contribution in [0, 0.1) is 0 Å². The quantitative estimate of drug-likeness (QED) is 0.413. The van der Waals surface area contributed by atoms with E-state index in [1.165, 1.54) is 18.7 Å². The van der Waals surface area contributed by atoms with Crippen LogP contribution in [0.1, 0.15) is 17.3 Å². The summed E-state index contributed by atoms with van der Waals surface area (Å²) in [7, 11) is 0. The van der Waals surface area contributed by atoms with Gasteiger partial charge in [0.05, 0.1) is 10.8 Å². The van der Waals surface area contributed by atoms with Crippen molar-refractivity contribution in [3.63, 3.8) is 0 Å². The number of ether oxygens (including phenoxy) is 1. The van der Waals surface area contributed by atoms with Crippen LogP contribution in [-0.4, -0.2) is 30.0 Å². The van der Waals surface area contributed by atoms with Gasteiger partial charge in [-0.1, -0.05) is 23.2 Å². The van der Waals surface area contributed by atoms with E-state index in [-0.39, 0.29) is 24.1 Å². The maximum absolute atomic E-state index is 12.0. The van der Waals surface area contributed by atoms with E-state index in [9.17, 15) is 14.4 Å². The van der Waals surface area contributed by atoms with Gasteiger partial charge in [0.15, 0.2) is 12.4 Å². The van der Waals surface area contributed by atoms with Gasteiger partial charge in [0, 0.05) is 28.1 Å². The Kier molecular flexibility index (Phi) is 7.50. The van der Waals surface area contributed by atoms with Gasteiger partial charge >= 0.3 is 5.97 Å². The van der Waals surface area contributed by atoms with Crippen LogP contribution in [-0.2, 0) is 14.3 Å². The SMILES string of the molecule is CC(=O)Nc1ccc(C(=O)COC(=O)CSc2cc(Cl)ccc2Cl)cc1. The molecule has 8 heteroatoms. The van der Waals surface area contributed by atoms with Crippen LogP contribution in [0.4, 0.5) is 5.69 Å². The van der Waals surface area contributed by atoms with Gasteiger partial charge in [-0.05, 0) is 42.5 Å². The molecule has 2 rings (SSSR count). The molecule has 0 saturated heterocycles. The number of nitrogens with one attached hydrogen (secondary N) is 1. The molecule has 136 valence electrons. The Morgan fingerprint density at radius 2 is 1.77 bits per heavy atom. The summed E-state index contributed by atoms with van der Waals surface area (Å²) in [6.07, 6.45) is 0. The Hall–Kier alpha value is -2.02. The van der Waals surface area contributed by atoms with Crippen LogP contribution in [0.3, 0.4) is 0 Å². The monoisotopic (exact) mass is 411 g/mol. The predicted octanol–water partition coefficient (Wildman–Crippen LogP) is 4.47. The summed E-state index contributed by atoms with van der Waals surface area (Å²) in [5, 5.41) is 3.61. The fraction of sp³-hybridized carbons (Fsp3) is 0.167. The number of benzene rings is 2. The molecule has 0 fully saturated rings. The minimum Gasteiger partial charge on any atom is -0.457 e. The Morgan fingerprint density at radius 1 is 1.08 bits per heavy atom. The lowest BCUT2D eigenvalue weighted by molar-refractivity contribution is -0.139. The zero-order chi connectivity index (χ0) is 19.1. The number of hydrogen-bond donors (Lipinski definition) is 1. The molecule has 0 unspecified atom stereocenters. The number of hydrogen-bond acceptors (Lipinski definition) is 5. The lowest BCUT2D eigenvalue weighted by Gasteiger charge is -2.07. The third kappa shape index (κ3) is 6.37. The highest BCUT2D eigenvalue weighted by Crippen LogP contribution is 2.29. The third-order valence-corrected chi connectivity index (χ3v) is 4.84. The van der Waals surface area contributed by atoms with Gasteiger partial charge in [-0.2, -0.15) is 0 Å². The number of Topliss-reactive ketones (excluding diaryl/α,β-unsaturated/α-hetero) is 1. The van der Waals surface area contributed by atoms with E-state index in [0.29, 0.717) is 26.2 Å². The second-order valence-corrected chi connectivity index (χ2v) is 7.07. The predicted molar refractivity (Wildman–Crippen MR) is 103 cm³/mol. The molecule has 0 bridgehead atoms. The maximum atomic E-state index is 12.0. The first-order valence-electron chi connectivity index (χ1n) is 7.49. The van der Waals surface area contributed by atoms with E-state index in [2.05, 4.69) is 5.32 Å². The van der Waals surface area contributed by atoms with Gasteiger partial charge in [0.1, 0.15) is 0 Å². The highest BCUT2D eigenvalue weighted by Gasteiger charge is 2.12. The molecule has 0 aliphatic carbocycles. The van der Waals surface area contributed by atoms with Crippen molar-refractivity contribution in [2.24, 2.45) is 0 Å². The van der Waals surface area contributed by atoms with Crippen LogP contribution < -0.4 is 5.32 Å². The third-order valence-electron chi connectivity index (χ3n) is 3.13. The molecular weight excluding hydrogens is 397 g/mol. The minimum absolute atomic E-state index is 0.00874. The van der Waals surface area contributed by atoms with Crippen molar-refractivity contribution in [2.75, 3.05) is 17.7 Å². The first-order chi connectivity index (χ1) is 12.3. The number of esters is 1. The summed E-state index contributed by atoms with van der Waals surface area (Å²) >= 11 is 13.1. The number of thioether (sulfide) groups is 1. The zero-order valence-corrected chi connectivity index (χ0v) is 16.1. The van der Waals surface area contributed by atoms with Crippen LogP contribution >= 0.6 is 35.0 Å². The number of rotatable bonds is 7. The first-order valence-corrected chi connectivity index (χ1v) is 9.23. The van der Waals surface area contributed by atoms with Crippen LogP contribution in [0.5, 0.6) is 0 Å². The largest absolute Gasteiger partial charge is 0.457 e. The van der Waals surface area contributed by atoms with Gasteiger partial charge in [-0.25, -0.2) is 0 Å². The maximum Gasteiger partial charge on any atom is 0.316 e. The number of carbonyl (C=O) groups is 3. The molecule has 26 heavy (non-hydrogen) atoms. The highest BCUT2D eigenvalue weighted by molar-refractivity contribution is 8.00. The van der Waals surface area contributed by atoms with Crippen LogP contribution in [0.2, 0.25) is 10.0 Å². The van der Waals surface area contributed by atoms with Crippen molar-refractivity contribution in [1.82, 2.24) is 0 Å². The Labute approximate surface area is 165 Å². The van der Waals surface area contributed by atoms with E-state index >= 15 is 0 Å². The van der Waals surface area contributed by atoms with Crippen LogP contribution in [0.15, 0.2) is 47.4 Å². The summed E-state index contributed by atoms with van der Waals surface area (Å²) < 4.78 is 4.99. The van der Waals surface area contributed by atoms with Crippen molar-refractivity contribution >= 4 is 58.3 Å². The zero-order valence-electron chi connectivity index (χ0n) is 13.8. The first kappa shape index (κ1) is 20.3. The standard InChI is InChI=1S/C18H15Cl2NO4S/c1-11(22)21-14-5-2-12(3-6-14)16(23)9-25-18(24)10-26-17-8-13(19)4-7-15(17)20/h2-8H,9-10H2,1H3,(H,21,22). The lowest BCUT2D eigenvalue weighted by atomic mass is 10.1. The normalized spacial score (nSPS) is 10.3. The topological polar surface area (TPSA) is 72.5 Å². The molecule has 5 nitrogen and oxygen atoms in total. The molecule has 0 spiro atoms. The Bertz CT molecular complexity index is 824. The average Bonchev–Trinajstić information content (AvgIpc) is 2.60. The molecule has 2 aromatic rings. The molecule has 0 aromatic heterocycles. The van der Waals surface area contributed by atoms with Gasteiger partial charge < -0.3 is 10.1 Å². The van der Waals surface area contributed by atoms with E-state index in [4.69, 9.17) is 27.9 Å². The highest BCUT2D eigenvalue weighted by atomic mass is 35.5. The fourth-order valence-corrected chi connectivity index (χ4v) is 3.23. The number of halogens is 2. The van der Waals surface area contributed by atoms with Gasteiger partial charge in [-0.15, -0.1) is 11.8 Å². The molecule has 1 amide bonds. The number of carbonyl (C=O) groups excluding carboxylic acids is 3. The van der Waals surface area contributed by atoms with Crippen LogP contribution in [0.25, 0.3) is 0 Å². The molecule has 0 aliphatic heterocycles. The summed E-state index contributed by atoms with van der Waals surface area (Å²) in [5.41, 5.74) is 0.971. The van der Waals surface area contributed by atoms with Crippen molar-refractivity contribution < 1.29 is 19.1 Å². The van der Waals surface area contributed by atoms with E-state index < -0.39 is 5.97 Å². The number of anilines is 1. The molecular formula is C18H15Cl2NO4S. The fourth-order valence-electron chi connectivity index (χ4n) is 1.94. The smallest absolute Gasteiger partial charge is 0.316 e. The Morgan fingerprint density at radius 3 is 2.42 bits per heavy atom. The average molecular weight is 412 g/mol. The molecule has 1 N–H and O–H groups in total. The van der Waals surface area contributed by atoms with Gasteiger partial charge in [0.2, 0.25) is 5.91 Å². The van der Waals surface area contributed by atoms with Crippen molar-refractivity contribution in [3.05, 3.63) is 58.1 Å². The summed E-state index contributed by atoms with van der Waals surface area (Å²) in [6, 6.07) is 11.3. The second kappa shape index (κ2) is 9.62. The molecule has 0 heterocycles. The molecule has 0 atom stereocenters. The van der Waals surface area contributed by atoms with Gasteiger partial charge in [0.25, 0.3) is 0 Å². The Balaban J connectivity index is 1.82. The molecule has 0 radical (unpaired) electrons. The molecule has 2 aromatic carbocycles. The number of ketones is 1. The van der Waals surface area contributed by atoms with Crippen molar-refractivity contribution in [1.29, 1.82) is 0 Å². The van der Waals surface area contributed by atoms with E-state index in [1.807, 2.05) is 0 Å². The van der Waals surface area contributed by atoms with Crippen molar-refractivity contribution in [3.8, 4) is 0 Å². The second-order valence-electron chi connectivity index (χ2n) is 5.21. The molecule has 0 saturated carbocycles. The summed E-state index contributed by atoms with van der Waals surface area (Å²) in [4.78, 5) is 35.5. The summed E-state index contributed by atoms with van der Waals surface area (Å²) in [6.45, 7) is 1.04. The lowest BCUT2D eigenvalue weighted by Crippen LogP contribution is -2.15. The van der Waals surface area contributed by atoms with Gasteiger partial charge in [-0.3, -0.25) is 14.4 Å². The van der Waals surface area contributed by atoms with E-state index in [1.54, 1.807) is 42.5 Å². The number of amides is 1. The molecule has 0 aliphatic rings.